The molecule has 0 saturated carbocycles. The van der Waals surface area contributed by atoms with Crippen LogP contribution in [0.4, 0.5) is 0 Å². The normalized spacial score (nSPS) is 15.0. The summed E-state index contributed by atoms with van der Waals surface area (Å²) >= 11 is 1.93. The maximum Gasteiger partial charge on any atom is 0.0345 e. The van der Waals surface area contributed by atoms with E-state index in [0.29, 0.717) is 0 Å². The predicted molar refractivity (Wildman–Crippen MR) is 133 cm³/mol. The number of nitrogens with zero attached hydrogens (tertiary/aromatic N) is 2. The van der Waals surface area contributed by atoms with Crippen molar-refractivity contribution in [2.24, 2.45) is 0 Å². The number of benzene rings is 2. The van der Waals surface area contributed by atoms with Gasteiger partial charge in [0, 0.05) is 48.9 Å². The number of thiophene rings is 1. The highest BCUT2D eigenvalue weighted by atomic mass is 32.1. The summed E-state index contributed by atoms with van der Waals surface area (Å²) in [5.41, 5.74) is 6.94. The van der Waals surface area contributed by atoms with Gasteiger partial charge in [0.1, 0.15) is 0 Å². The molecule has 0 spiro atoms. The number of hydrogen-bond acceptors (Lipinski definition) is 3. The summed E-state index contributed by atoms with van der Waals surface area (Å²) in [5.74, 6) is 0. The van der Waals surface area contributed by atoms with E-state index in [1.165, 1.54) is 63.8 Å². The van der Waals surface area contributed by atoms with Gasteiger partial charge in [0.15, 0.2) is 0 Å². The minimum absolute atomic E-state index is 1.03. The lowest BCUT2D eigenvalue weighted by Crippen LogP contribution is -2.43. The molecule has 1 aliphatic heterocycles. The zero-order valence-corrected chi connectivity index (χ0v) is 20.1. The van der Waals surface area contributed by atoms with Gasteiger partial charge in [-0.05, 0) is 61.3 Å². The minimum Gasteiger partial charge on any atom is -0.304 e. The average molecular weight is 421 g/mol. The first-order chi connectivity index (χ1) is 14.6. The molecule has 160 valence electrons. The number of likely N-dealkylation sites (N-methyl/N-ethyl adjacent to an activating group) is 1. The van der Waals surface area contributed by atoms with Gasteiger partial charge in [-0.25, -0.2) is 0 Å². The fourth-order valence-corrected chi connectivity index (χ4v) is 4.92. The molecule has 1 aromatic heterocycles. The van der Waals surface area contributed by atoms with Crippen LogP contribution < -0.4 is 0 Å². The molecule has 0 aliphatic carbocycles. The summed E-state index contributed by atoms with van der Waals surface area (Å²) in [7, 11) is 2.21. The van der Waals surface area contributed by atoms with Crippen molar-refractivity contribution in [2.45, 2.75) is 40.7 Å². The molecule has 4 rings (SSSR count). The van der Waals surface area contributed by atoms with E-state index >= 15 is 0 Å². The zero-order valence-electron chi connectivity index (χ0n) is 19.2. The zero-order chi connectivity index (χ0) is 21.5. The summed E-state index contributed by atoms with van der Waals surface area (Å²) in [5, 5.41) is 0. The van der Waals surface area contributed by atoms with Crippen molar-refractivity contribution >= 4 is 11.3 Å². The van der Waals surface area contributed by atoms with E-state index < -0.39 is 0 Å². The first-order valence-electron chi connectivity index (χ1n) is 11.2. The van der Waals surface area contributed by atoms with Gasteiger partial charge in [-0.1, -0.05) is 55.8 Å². The molecule has 0 amide bonds. The Hall–Kier alpha value is -1.94. The predicted octanol–water partition coefficient (Wildman–Crippen LogP) is 6.40. The van der Waals surface area contributed by atoms with Gasteiger partial charge in [-0.2, -0.15) is 0 Å². The van der Waals surface area contributed by atoms with Gasteiger partial charge in [0.05, 0.1) is 0 Å². The van der Waals surface area contributed by atoms with Crippen LogP contribution in [0.2, 0.25) is 0 Å². The molecule has 3 aromatic rings. The lowest BCUT2D eigenvalue weighted by molar-refractivity contribution is 0.148. The number of aryl methyl sites for hydroxylation is 2. The summed E-state index contributed by atoms with van der Waals surface area (Å²) in [6.07, 6.45) is 1.03. The Morgan fingerprint density at radius 1 is 0.867 bits per heavy atom. The Balaban J connectivity index is 0.00000124. The van der Waals surface area contributed by atoms with Crippen molar-refractivity contribution in [1.29, 1.82) is 0 Å². The van der Waals surface area contributed by atoms with Crippen molar-refractivity contribution < 1.29 is 0 Å². The number of rotatable bonds is 5. The van der Waals surface area contributed by atoms with E-state index in [1.54, 1.807) is 0 Å². The van der Waals surface area contributed by atoms with Gasteiger partial charge in [0.2, 0.25) is 0 Å². The van der Waals surface area contributed by atoms with E-state index in [0.717, 1.165) is 13.0 Å². The highest BCUT2D eigenvalue weighted by Crippen LogP contribution is 2.31. The highest BCUT2D eigenvalue weighted by molar-refractivity contribution is 7.15. The largest absolute Gasteiger partial charge is 0.304 e. The standard InChI is InChI=1S/C25H30N2S.C2H6/c1-19-7-8-20(2)23(15-19)17-24-9-10-25(28-24)22-6-4-5-21(16-22)18-27-13-11-26(3)12-14-27;1-2/h4-10,15-16H,11-14,17-18H2,1-3H3;1-2H3. The van der Waals surface area contributed by atoms with Crippen molar-refractivity contribution in [2.75, 3.05) is 33.2 Å². The quantitative estimate of drug-likeness (QED) is 0.471. The average Bonchev–Trinajstić information content (AvgIpc) is 3.23. The van der Waals surface area contributed by atoms with Gasteiger partial charge in [-0.15, -0.1) is 11.3 Å². The molecule has 0 unspecified atom stereocenters. The molecular weight excluding hydrogens is 384 g/mol. The maximum atomic E-state index is 2.57. The van der Waals surface area contributed by atoms with Crippen LogP contribution >= 0.6 is 11.3 Å². The fraction of sp³-hybridized carbons (Fsp3) is 0.407. The van der Waals surface area contributed by atoms with E-state index in [1.807, 2.05) is 25.2 Å². The van der Waals surface area contributed by atoms with Crippen LogP contribution in [-0.2, 0) is 13.0 Å². The Labute approximate surface area is 187 Å². The van der Waals surface area contributed by atoms with Crippen LogP contribution in [0.25, 0.3) is 10.4 Å². The van der Waals surface area contributed by atoms with E-state index in [2.05, 4.69) is 85.3 Å². The van der Waals surface area contributed by atoms with Crippen LogP contribution in [0.3, 0.4) is 0 Å². The second kappa shape index (κ2) is 10.9. The number of piperazine rings is 1. The van der Waals surface area contributed by atoms with Crippen LogP contribution in [0.1, 0.15) is 41.0 Å². The van der Waals surface area contributed by atoms with Crippen molar-refractivity contribution in [1.82, 2.24) is 9.80 Å². The Kier molecular flexibility index (Phi) is 8.26. The first-order valence-corrected chi connectivity index (χ1v) is 12.0. The summed E-state index contributed by atoms with van der Waals surface area (Å²) < 4.78 is 0. The molecule has 2 aromatic carbocycles. The molecule has 30 heavy (non-hydrogen) atoms. The third kappa shape index (κ3) is 6.04. The fourth-order valence-electron chi connectivity index (χ4n) is 3.89. The Morgan fingerprint density at radius 3 is 2.40 bits per heavy atom. The van der Waals surface area contributed by atoms with Crippen LogP contribution in [0.15, 0.2) is 54.6 Å². The van der Waals surface area contributed by atoms with Crippen molar-refractivity contribution in [3.8, 4) is 10.4 Å². The highest BCUT2D eigenvalue weighted by Gasteiger charge is 2.14. The molecule has 3 heteroatoms. The molecule has 2 nitrogen and oxygen atoms in total. The summed E-state index contributed by atoms with van der Waals surface area (Å²) in [6.45, 7) is 14.1. The molecule has 1 saturated heterocycles. The maximum absolute atomic E-state index is 2.57. The Morgan fingerprint density at radius 2 is 1.63 bits per heavy atom. The lowest BCUT2D eigenvalue weighted by Gasteiger charge is -2.32. The number of hydrogen-bond donors (Lipinski definition) is 0. The smallest absolute Gasteiger partial charge is 0.0345 e. The molecule has 0 atom stereocenters. The molecule has 1 fully saturated rings. The molecular formula is C27H36N2S. The summed E-state index contributed by atoms with van der Waals surface area (Å²) in [6, 6.07) is 20.5. The van der Waals surface area contributed by atoms with Gasteiger partial charge in [0.25, 0.3) is 0 Å². The van der Waals surface area contributed by atoms with Gasteiger partial charge in [-0.3, -0.25) is 4.90 Å². The van der Waals surface area contributed by atoms with E-state index in [4.69, 9.17) is 0 Å². The van der Waals surface area contributed by atoms with E-state index in [9.17, 15) is 0 Å². The van der Waals surface area contributed by atoms with Crippen molar-refractivity contribution in [3.63, 3.8) is 0 Å². The van der Waals surface area contributed by atoms with Crippen molar-refractivity contribution in [3.05, 3.63) is 81.7 Å². The molecule has 2 heterocycles. The SMILES string of the molecule is CC.Cc1ccc(C)c(Cc2ccc(-c3cccc(CN4CCN(C)CC4)c3)s2)c1. The molecule has 0 radical (unpaired) electrons. The Bertz CT molecular complexity index is 936. The first kappa shape index (κ1) is 22.7. The third-order valence-electron chi connectivity index (χ3n) is 5.74. The molecule has 0 N–H and O–H groups in total. The van der Waals surface area contributed by atoms with Crippen LogP contribution in [0, 0.1) is 13.8 Å². The van der Waals surface area contributed by atoms with Gasteiger partial charge < -0.3 is 4.90 Å². The van der Waals surface area contributed by atoms with E-state index in [-0.39, 0.29) is 0 Å². The second-order valence-electron chi connectivity index (χ2n) is 8.15. The second-order valence-corrected chi connectivity index (χ2v) is 9.32. The van der Waals surface area contributed by atoms with Crippen LogP contribution in [-0.4, -0.2) is 43.0 Å². The lowest BCUT2D eigenvalue weighted by atomic mass is 10.0. The van der Waals surface area contributed by atoms with Gasteiger partial charge >= 0.3 is 0 Å². The summed E-state index contributed by atoms with van der Waals surface area (Å²) in [4.78, 5) is 7.80. The minimum atomic E-state index is 1.03. The topological polar surface area (TPSA) is 6.48 Å². The monoisotopic (exact) mass is 420 g/mol. The van der Waals surface area contributed by atoms with Crippen LogP contribution in [0.5, 0.6) is 0 Å². The molecule has 1 aliphatic rings. The molecule has 0 bridgehead atoms. The third-order valence-corrected chi connectivity index (χ3v) is 6.88.